The summed E-state index contributed by atoms with van der Waals surface area (Å²) in [5, 5.41) is 8.73. The Morgan fingerprint density at radius 3 is 2.20 bits per heavy atom. The van der Waals surface area contributed by atoms with Gasteiger partial charge in [0.1, 0.15) is 0 Å². The van der Waals surface area contributed by atoms with Gasteiger partial charge in [-0.05, 0) is 17.7 Å². The summed E-state index contributed by atoms with van der Waals surface area (Å²) in [6, 6.07) is 6.62. The molecule has 3 heteroatoms. The molecule has 0 fully saturated rings. The third-order valence-electron chi connectivity index (χ3n) is 1.05. The number of aliphatic hydroxyl groups excluding tert-OH is 1. The molecule has 1 radical (unpaired) electrons. The molecular weight excluding hydrogens is 260 g/mol. The fraction of sp³-hybridized carbons (Fsp3) is 0.143. The highest BCUT2D eigenvalue weighted by molar-refractivity contribution is 9.11. The molecule has 1 N–H and O–H groups in total. The number of benzene rings is 1. The largest absolute Gasteiger partial charge is 0.392 e. The average Bonchev–Trinajstić information content (AvgIpc) is 1.85. The molecule has 0 aromatic heterocycles. The second-order valence-corrected chi connectivity index (χ2v) is 3.55. The van der Waals surface area contributed by atoms with Crippen LogP contribution >= 0.6 is 31.9 Å². The third-order valence-corrected chi connectivity index (χ3v) is 1.90. The second-order valence-electron chi connectivity index (χ2n) is 1.84. The van der Waals surface area contributed by atoms with Gasteiger partial charge in [0.15, 0.2) is 0 Å². The molecule has 1 rings (SSSR count). The summed E-state index contributed by atoms with van der Waals surface area (Å²) in [7, 11) is 0. The minimum absolute atomic E-state index is 0.0614. The molecule has 0 amide bonds. The van der Waals surface area contributed by atoms with Crippen LogP contribution in [0.15, 0.2) is 21.1 Å². The predicted octanol–water partition coefficient (Wildman–Crippen LogP) is 2.50. The summed E-state index contributed by atoms with van der Waals surface area (Å²) in [5.41, 5.74) is 0.873. The van der Waals surface area contributed by atoms with Crippen LogP contribution in [0.3, 0.4) is 0 Å². The van der Waals surface area contributed by atoms with Crippen molar-refractivity contribution >= 4 is 31.9 Å². The minimum atomic E-state index is 0.0614. The first-order chi connectivity index (χ1) is 4.72. The molecule has 53 valence electrons. The Hall–Kier alpha value is 0.140. The van der Waals surface area contributed by atoms with E-state index in [-0.39, 0.29) is 6.61 Å². The van der Waals surface area contributed by atoms with Gasteiger partial charge in [0, 0.05) is 15.0 Å². The van der Waals surface area contributed by atoms with E-state index in [1.807, 2.05) is 12.1 Å². The fourth-order valence-electron chi connectivity index (χ4n) is 0.645. The lowest BCUT2D eigenvalue weighted by molar-refractivity contribution is 0.281. The zero-order chi connectivity index (χ0) is 7.56. The Kier molecular flexibility index (Phi) is 2.89. The van der Waals surface area contributed by atoms with E-state index >= 15 is 0 Å². The first-order valence-electron chi connectivity index (χ1n) is 2.70. The lowest BCUT2D eigenvalue weighted by Gasteiger charge is -1.96. The van der Waals surface area contributed by atoms with Gasteiger partial charge in [-0.2, -0.15) is 0 Å². The monoisotopic (exact) mass is 263 g/mol. The van der Waals surface area contributed by atoms with Crippen molar-refractivity contribution in [2.24, 2.45) is 0 Å². The minimum Gasteiger partial charge on any atom is -0.392 e. The number of halogens is 2. The quantitative estimate of drug-likeness (QED) is 0.827. The van der Waals surface area contributed by atoms with E-state index in [2.05, 4.69) is 37.9 Å². The van der Waals surface area contributed by atoms with E-state index in [4.69, 9.17) is 5.11 Å². The van der Waals surface area contributed by atoms with Gasteiger partial charge in [-0.25, -0.2) is 0 Å². The second kappa shape index (κ2) is 3.51. The van der Waals surface area contributed by atoms with E-state index in [1.165, 1.54) is 0 Å². The van der Waals surface area contributed by atoms with Gasteiger partial charge in [0.05, 0.1) is 6.61 Å². The maximum Gasteiger partial charge on any atom is 0.0682 e. The molecule has 0 spiro atoms. The first-order valence-corrected chi connectivity index (χ1v) is 4.29. The van der Waals surface area contributed by atoms with Crippen molar-refractivity contribution in [3.63, 3.8) is 0 Å². The van der Waals surface area contributed by atoms with Crippen LogP contribution in [-0.2, 0) is 6.61 Å². The number of aliphatic hydroxyl groups is 1. The molecule has 0 atom stereocenters. The summed E-state index contributed by atoms with van der Waals surface area (Å²) in [5.74, 6) is 0. The third kappa shape index (κ3) is 2.08. The van der Waals surface area contributed by atoms with Gasteiger partial charge >= 0.3 is 0 Å². The molecule has 0 aliphatic rings. The van der Waals surface area contributed by atoms with Crippen molar-refractivity contribution in [3.05, 3.63) is 32.7 Å². The fourth-order valence-corrected chi connectivity index (χ4v) is 1.93. The van der Waals surface area contributed by atoms with Crippen LogP contribution in [-0.4, -0.2) is 5.11 Å². The van der Waals surface area contributed by atoms with Crippen molar-refractivity contribution < 1.29 is 5.11 Å². The Morgan fingerprint density at radius 2 is 1.80 bits per heavy atom. The van der Waals surface area contributed by atoms with Crippen molar-refractivity contribution in [1.29, 1.82) is 0 Å². The molecule has 0 aliphatic heterocycles. The van der Waals surface area contributed by atoms with Crippen LogP contribution in [0.1, 0.15) is 5.56 Å². The molecule has 0 saturated carbocycles. The topological polar surface area (TPSA) is 20.2 Å². The smallest absolute Gasteiger partial charge is 0.0682 e. The van der Waals surface area contributed by atoms with Crippen LogP contribution < -0.4 is 0 Å². The Bertz CT molecular complexity index is 215. The maximum atomic E-state index is 8.73. The Morgan fingerprint density at radius 1 is 1.30 bits per heavy atom. The van der Waals surface area contributed by atoms with Crippen LogP contribution in [0, 0.1) is 6.07 Å². The first kappa shape index (κ1) is 8.24. The molecule has 10 heavy (non-hydrogen) atoms. The number of hydrogen-bond donors (Lipinski definition) is 1. The van der Waals surface area contributed by atoms with Gasteiger partial charge in [-0.1, -0.05) is 31.9 Å². The van der Waals surface area contributed by atoms with Crippen LogP contribution in [0.4, 0.5) is 0 Å². The highest BCUT2D eigenvalue weighted by Gasteiger charge is 1.95. The predicted molar refractivity (Wildman–Crippen MR) is 46.6 cm³/mol. The van der Waals surface area contributed by atoms with Crippen LogP contribution in [0.25, 0.3) is 0 Å². The van der Waals surface area contributed by atoms with Gasteiger partial charge in [-0.15, -0.1) is 0 Å². The molecule has 0 aliphatic carbocycles. The van der Waals surface area contributed by atoms with Gasteiger partial charge in [-0.3, -0.25) is 0 Å². The number of rotatable bonds is 1. The summed E-state index contributed by atoms with van der Waals surface area (Å²) < 4.78 is 1.71. The Balaban J connectivity index is 3.06. The summed E-state index contributed by atoms with van der Waals surface area (Å²) >= 11 is 6.51. The average molecular weight is 265 g/mol. The van der Waals surface area contributed by atoms with Crippen LogP contribution in [0.5, 0.6) is 0 Å². The zero-order valence-corrected chi connectivity index (χ0v) is 8.24. The molecular formula is C7H5Br2O. The normalized spacial score (nSPS) is 9.90. The SMILES string of the molecule is OCc1cc(Br)[c]c(Br)c1. The maximum absolute atomic E-state index is 8.73. The van der Waals surface area contributed by atoms with Gasteiger partial charge < -0.3 is 5.11 Å². The van der Waals surface area contributed by atoms with Crippen molar-refractivity contribution in [2.45, 2.75) is 6.61 Å². The summed E-state index contributed by atoms with van der Waals surface area (Å²) in [6.45, 7) is 0.0614. The van der Waals surface area contributed by atoms with Crippen molar-refractivity contribution in [2.75, 3.05) is 0 Å². The van der Waals surface area contributed by atoms with E-state index in [9.17, 15) is 0 Å². The van der Waals surface area contributed by atoms with E-state index in [1.54, 1.807) is 0 Å². The van der Waals surface area contributed by atoms with E-state index in [0.717, 1.165) is 14.5 Å². The van der Waals surface area contributed by atoms with E-state index in [0.29, 0.717) is 0 Å². The van der Waals surface area contributed by atoms with Gasteiger partial charge in [0.25, 0.3) is 0 Å². The lowest BCUT2D eigenvalue weighted by atomic mass is 10.2. The molecule has 1 aromatic carbocycles. The molecule has 0 saturated heterocycles. The standard InChI is InChI=1S/C7H5Br2O/c8-6-1-5(4-10)2-7(9)3-6/h1-2,10H,4H2. The highest BCUT2D eigenvalue weighted by Crippen LogP contribution is 2.18. The molecule has 1 nitrogen and oxygen atoms in total. The zero-order valence-electron chi connectivity index (χ0n) is 5.06. The summed E-state index contributed by atoms with van der Waals surface area (Å²) in [4.78, 5) is 0. The van der Waals surface area contributed by atoms with E-state index < -0.39 is 0 Å². The lowest BCUT2D eigenvalue weighted by Crippen LogP contribution is -1.82. The van der Waals surface area contributed by atoms with Crippen molar-refractivity contribution in [3.8, 4) is 0 Å². The highest BCUT2D eigenvalue weighted by atomic mass is 79.9. The molecule has 0 heterocycles. The Labute approximate surface area is 76.3 Å². The van der Waals surface area contributed by atoms with Gasteiger partial charge in [0.2, 0.25) is 0 Å². The molecule has 0 unspecified atom stereocenters. The number of hydrogen-bond acceptors (Lipinski definition) is 1. The van der Waals surface area contributed by atoms with Crippen molar-refractivity contribution in [1.82, 2.24) is 0 Å². The van der Waals surface area contributed by atoms with Crippen LogP contribution in [0.2, 0.25) is 0 Å². The molecule has 1 aromatic rings. The molecule has 0 bridgehead atoms. The summed E-state index contributed by atoms with van der Waals surface area (Å²) in [6.07, 6.45) is 0.